The normalized spacial score (nSPS) is 24.6. The van der Waals surface area contributed by atoms with E-state index in [1.807, 2.05) is 6.92 Å². The van der Waals surface area contributed by atoms with Gasteiger partial charge in [-0.25, -0.2) is 0 Å². The summed E-state index contributed by atoms with van der Waals surface area (Å²) in [6.07, 6.45) is 0.820. The molecule has 1 fully saturated rings. The molecule has 1 aliphatic rings. The van der Waals surface area contributed by atoms with Crippen LogP contribution >= 0.6 is 0 Å². The second-order valence-corrected chi connectivity index (χ2v) is 4.18. The van der Waals surface area contributed by atoms with Crippen molar-refractivity contribution in [1.29, 1.82) is 0 Å². The van der Waals surface area contributed by atoms with Crippen molar-refractivity contribution < 1.29 is 14.6 Å². The fourth-order valence-corrected chi connectivity index (χ4v) is 2.06. The van der Waals surface area contributed by atoms with Gasteiger partial charge in [-0.1, -0.05) is 0 Å². The molecule has 0 aromatic carbocycles. The Morgan fingerprint density at radius 2 is 2.33 bits per heavy atom. The van der Waals surface area contributed by atoms with Gasteiger partial charge < -0.3 is 19.5 Å². The van der Waals surface area contributed by atoms with Crippen LogP contribution in [0.5, 0.6) is 0 Å². The van der Waals surface area contributed by atoms with Gasteiger partial charge in [0.05, 0.1) is 19.3 Å². The molecule has 1 saturated heterocycles. The van der Waals surface area contributed by atoms with E-state index in [2.05, 4.69) is 4.90 Å². The van der Waals surface area contributed by atoms with E-state index in [9.17, 15) is 5.11 Å². The number of β-amino-alcohol motifs (C(OH)–C–C–N with tert-alkyl or cyclic N) is 1. The van der Waals surface area contributed by atoms with Gasteiger partial charge in [0, 0.05) is 26.8 Å². The van der Waals surface area contributed by atoms with Crippen molar-refractivity contribution in [3.63, 3.8) is 0 Å². The highest BCUT2D eigenvalue weighted by Crippen LogP contribution is 2.16. The Morgan fingerprint density at radius 1 is 1.53 bits per heavy atom. The molecule has 0 aromatic heterocycles. The quantitative estimate of drug-likeness (QED) is 0.668. The molecule has 0 radical (unpaired) electrons. The van der Waals surface area contributed by atoms with Crippen molar-refractivity contribution in [1.82, 2.24) is 4.90 Å². The largest absolute Gasteiger partial charge is 0.389 e. The third-order valence-corrected chi connectivity index (χ3v) is 2.76. The van der Waals surface area contributed by atoms with Crippen LogP contribution in [0.15, 0.2) is 0 Å². The summed E-state index contributed by atoms with van der Waals surface area (Å²) < 4.78 is 10.3. The fourth-order valence-electron chi connectivity index (χ4n) is 2.06. The molecule has 0 aliphatic carbocycles. The summed E-state index contributed by atoms with van der Waals surface area (Å²) in [4.78, 5) is 2.29. The van der Waals surface area contributed by atoms with Crippen LogP contribution in [0, 0.1) is 5.92 Å². The third kappa shape index (κ3) is 4.93. The van der Waals surface area contributed by atoms with E-state index in [0.717, 1.165) is 26.2 Å². The Bertz CT molecular complexity index is 166. The zero-order valence-electron chi connectivity index (χ0n) is 9.82. The summed E-state index contributed by atoms with van der Waals surface area (Å²) in [5, 5.41) is 9.66. The number of likely N-dealkylation sites (tertiary alicyclic amines) is 1. The molecule has 4 heteroatoms. The lowest BCUT2D eigenvalue weighted by molar-refractivity contribution is 0.0239. The van der Waals surface area contributed by atoms with Gasteiger partial charge in [0.1, 0.15) is 0 Å². The van der Waals surface area contributed by atoms with Crippen LogP contribution in [0.25, 0.3) is 0 Å². The molecule has 2 atom stereocenters. The summed E-state index contributed by atoms with van der Waals surface area (Å²) in [6, 6.07) is 0. The maximum Gasteiger partial charge on any atom is 0.0900 e. The molecule has 1 aliphatic heterocycles. The molecule has 1 rings (SSSR count). The van der Waals surface area contributed by atoms with Gasteiger partial charge in [0.15, 0.2) is 0 Å². The molecule has 0 bridgehead atoms. The molecule has 1 N–H and O–H groups in total. The van der Waals surface area contributed by atoms with E-state index < -0.39 is 0 Å². The van der Waals surface area contributed by atoms with E-state index in [1.165, 1.54) is 6.42 Å². The number of ether oxygens (including phenoxy) is 2. The second-order valence-electron chi connectivity index (χ2n) is 4.18. The highest BCUT2D eigenvalue weighted by molar-refractivity contribution is 4.77. The summed E-state index contributed by atoms with van der Waals surface area (Å²) in [6.45, 7) is 6.72. The second kappa shape index (κ2) is 7.17. The van der Waals surface area contributed by atoms with E-state index >= 15 is 0 Å². The molecule has 0 aromatic rings. The van der Waals surface area contributed by atoms with Crippen LogP contribution in [-0.2, 0) is 9.47 Å². The van der Waals surface area contributed by atoms with Crippen molar-refractivity contribution >= 4 is 0 Å². The molecule has 4 nitrogen and oxygen atoms in total. The van der Waals surface area contributed by atoms with E-state index in [1.54, 1.807) is 7.11 Å². The summed E-state index contributed by atoms with van der Waals surface area (Å²) in [5.74, 6) is 0.634. The van der Waals surface area contributed by atoms with Crippen LogP contribution < -0.4 is 0 Å². The minimum atomic E-state index is -0.355. The van der Waals surface area contributed by atoms with Gasteiger partial charge in [-0.3, -0.25) is 0 Å². The van der Waals surface area contributed by atoms with Crippen molar-refractivity contribution in [3.8, 4) is 0 Å². The van der Waals surface area contributed by atoms with E-state index in [4.69, 9.17) is 9.47 Å². The minimum Gasteiger partial charge on any atom is -0.389 e. The minimum absolute atomic E-state index is 0.355. The van der Waals surface area contributed by atoms with Crippen LogP contribution in [0.1, 0.15) is 13.3 Å². The monoisotopic (exact) mass is 217 g/mol. The predicted octanol–water partition coefficient (Wildman–Crippen LogP) is 0.352. The molecule has 0 amide bonds. The number of methoxy groups -OCH3 is 1. The maximum absolute atomic E-state index is 9.66. The van der Waals surface area contributed by atoms with Gasteiger partial charge in [-0.15, -0.1) is 0 Å². The highest BCUT2D eigenvalue weighted by Gasteiger charge is 2.23. The Kier molecular flexibility index (Phi) is 6.17. The lowest BCUT2D eigenvalue weighted by Gasteiger charge is -2.19. The number of hydrogen-bond donors (Lipinski definition) is 1. The number of hydrogen-bond acceptors (Lipinski definition) is 4. The Balaban J connectivity index is 2.12. The van der Waals surface area contributed by atoms with Crippen LogP contribution in [0.4, 0.5) is 0 Å². The highest BCUT2D eigenvalue weighted by atomic mass is 16.5. The smallest absolute Gasteiger partial charge is 0.0900 e. The zero-order valence-corrected chi connectivity index (χ0v) is 9.82. The number of nitrogens with zero attached hydrogens (tertiary/aromatic N) is 1. The van der Waals surface area contributed by atoms with Crippen LogP contribution in [0.2, 0.25) is 0 Å². The lowest BCUT2D eigenvalue weighted by Crippen LogP contribution is -2.33. The molecule has 1 heterocycles. The first-order valence-corrected chi connectivity index (χ1v) is 5.73. The average Bonchev–Trinajstić information content (AvgIpc) is 2.63. The van der Waals surface area contributed by atoms with Gasteiger partial charge in [-0.05, 0) is 25.8 Å². The Labute approximate surface area is 92.2 Å². The van der Waals surface area contributed by atoms with E-state index in [-0.39, 0.29) is 6.10 Å². The number of rotatable bonds is 7. The first kappa shape index (κ1) is 12.9. The first-order valence-electron chi connectivity index (χ1n) is 5.73. The van der Waals surface area contributed by atoms with Gasteiger partial charge in [0.25, 0.3) is 0 Å². The standard InChI is InChI=1S/C11H23NO3/c1-3-15-9-11(13)7-12-5-4-10(6-12)8-14-2/h10-11,13H,3-9H2,1-2H3. The molecule has 0 saturated carbocycles. The van der Waals surface area contributed by atoms with E-state index in [0.29, 0.717) is 19.1 Å². The van der Waals surface area contributed by atoms with Crippen molar-refractivity contribution in [2.24, 2.45) is 5.92 Å². The van der Waals surface area contributed by atoms with Crippen molar-refractivity contribution in [2.75, 3.05) is 46.6 Å². The molecular formula is C11H23NO3. The summed E-state index contributed by atoms with van der Waals surface area (Å²) in [5.41, 5.74) is 0. The van der Waals surface area contributed by atoms with Gasteiger partial charge in [0.2, 0.25) is 0 Å². The van der Waals surface area contributed by atoms with Crippen molar-refractivity contribution in [3.05, 3.63) is 0 Å². The topological polar surface area (TPSA) is 41.9 Å². The van der Waals surface area contributed by atoms with Gasteiger partial charge in [-0.2, -0.15) is 0 Å². The molecule has 15 heavy (non-hydrogen) atoms. The average molecular weight is 217 g/mol. The third-order valence-electron chi connectivity index (χ3n) is 2.76. The molecule has 0 spiro atoms. The first-order chi connectivity index (χ1) is 7.26. The summed E-state index contributed by atoms with van der Waals surface area (Å²) >= 11 is 0. The Hall–Kier alpha value is -0.160. The zero-order chi connectivity index (χ0) is 11.1. The van der Waals surface area contributed by atoms with Crippen LogP contribution in [-0.4, -0.2) is 62.7 Å². The van der Waals surface area contributed by atoms with Gasteiger partial charge >= 0.3 is 0 Å². The molecular weight excluding hydrogens is 194 g/mol. The molecule has 2 unspecified atom stereocenters. The predicted molar refractivity (Wildman–Crippen MR) is 58.9 cm³/mol. The number of aliphatic hydroxyl groups is 1. The fraction of sp³-hybridized carbons (Fsp3) is 1.00. The SMILES string of the molecule is CCOCC(O)CN1CCC(COC)C1. The van der Waals surface area contributed by atoms with Crippen molar-refractivity contribution in [2.45, 2.75) is 19.4 Å². The lowest BCUT2D eigenvalue weighted by atomic mass is 10.1. The Morgan fingerprint density at radius 3 is 3.00 bits per heavy atom. The maximum atomic E-state index is 9.66. The number of aliphatic hydroxyl groups excluding tert-OH is 1. The summed E-state index contributed by atoms with van der Waals surface area (Å²) in [7, 11) is 1.74. The molecule has 90 valence electrons. The van der Waals surface area contributed by atoms with Crippen LogP contribution in [0.3, 0.4) is 0 Å².